The van der Waals surface area contributed by atoms with Crippen molar-refractivity contribution in [1.29, 1.82) is 0 Å². The number of aromatic nitrogens is 1. The first-order chi connectivity index (χ1) is 9.36. The lowest BCUT2D eigenvalue weighted by Crippen LogP contribution is -2.51. The van der Waals surface area contributed by atoms with Gasteiger partial charge in [-0.3, -0.25) is 0 Å². The Morgan fingerprint density at radius 2 is 1.80 bits per heavy atom. The van der Waals surface area contributed by atoms with E-state index in [-0.39, 0.29) is 6.60 Å². The monoisotopic (exact) mass is 242 g/mol. The first-order valence-corrected chi connectivity index (χ1v) is 6.82. The molecule has 1 aliphatic rings. The highest BCUT2D eigenvalue weighted by molar-refractivity contribution is 7.71. The van der Waals surface area contributed by atoms with E-state index in [4.69, 9.17) is 38.7 Å². The summed E-state index contributed by atoms with van der Waals surface area (Å²) in [5.74, 6) is 0. The third kappa shape index (κ3) is 2.92. The summed E-state index contributed by atoms with van der Waals surface area (Å²) < 4.78 is 2.10. The van der Waals surface area contributed by atoms with E-state index in [9.17, 15) is 0 Å². The lowest BCUT2D eigenvalue weighted by atomic mass is 8.81. The average molecular weight is 240 g/mol. The Kier molecular flexibility index (Phi) is 4.87. The van der Waals surface area contributed by atoms with Crippen LogP contribution >= 0.6 is 0 Å². The van der Waals surface area contributed by atoms with Crippen molar-refractivity contribution in [2.75, 3.05) is 0 Å². The number of rotatable bonds is 4. The van der Waals surface area contributed by atoms with Crippen LogP contribution in [0.15, 0.2) is 35.1 Å². The summed E-state index contributed by atoms with van der Waals surface area (Å²) in [6, 6.07) is 6.12. The Hall–Kier alpha value is -0.461. The number of hydrogen-bond donors (Lipinski definition) is 0. The molecule has 10 radical (unpaired) electrons. The molecular formula is C9H10B10N+. The van der Waals surface area contributed by atoms with Gasteiger partial charge in [0.15, 0.2) is 6.20 Å². The van der Waals surface area contributed by atoms with Crippen molar-refractivity contribution in [2.24, 2.45) is 7.05 Å². The number of aryl methyl sites for hydroxylation is 1. The van der Waals surface area contributed by atoms with Crippen LogP contribution in [0.5, 0.6) is 0 Å². The van der Waals surface area contributed by atoms with E-state index in [1.54, 1.807) is 0 Å². The molecule has 0 spiro atoms. The normalized spacial score (nSPS) is 15.9. The standard InChI is InChI=1S/C9H10B10N/c1-15-8(9(17(10)11)18(12)19(13)14)16(15)7-5-3-4-6-20(7)2/h3-6H,1-2H3/q+1/b9-8-. The topological polar surface area (TPSA) is 3.88 Å². The molecule has 0 unspecified atom stereocenters. The Morgan fingerprint density at radius 3 is 2.30 bits per heavy atom. The molecule has 0 amide bonds. The zero-order chi connectivity index (χ0) is 15.0. The molecule has 1 aromatic heterocycles. The van der Waals surface area contributed by atoms with E-state index < -0.39 is 19.4 Å². The van der Waals surface area contributed by atoms with Crippen molar-refractivity contribution in [2.45, 2.75) is 6.82 Å². The van der Waals surface area contributed by atoms with Gasteiger partial charge in [0.05, 0.1) is 13.0 Å². The van der Waals surface area contributed by atoms with Gasteiger partial charge in [-0.15, -0.1) is 0 Å². The second-order valence-corrected chi connectivity index (χ2v) is 5.54. The molecule has 0 saturated carbocycles. The van der Waals surface area contributed by atoms with Gasteiger partial charge in [-0.1, -0.05) is 12.9 Å². The third-order valence-electron chi connectivity index (χ3n) is 4.10. The molecule has 20 heavy (non-hydrogen) atoms. The van der Waals surface area contributed by atoms with Gasteiger partial charge in [-0.25, -0.2) is 4.57 Å². The highest BCUT2D eigenvalue weighted by atomic mass is 14.9. The fraction of sp³-hybridized carbons (Fsp3) is 0.222. The van der Waals surface area contributed by atoms with Crippen molar-refractivity contribution in [3.63, 3.8) is 0 Å². The lowest BCUT2D eigenvalue weighted by Gasteiger charge is -2.21. The molecule has 1 saturated heterocycles. The van der Waals surface area contributed by atoms with Crippen LogP contribution in [0.1, 0.15) is 0 Å². The maximum Gasteiger partial charge on any atom is 0.249 e. The molecule has 2 rings (SSSR count). The summed E-state index contributed by atoms with van der Waals surface area (Å²) in [4.78, 5) is 0. The maximum atomic E-state index is 6.07. The number of nitrogens with zero attached hydrogens (tertiary/aromatic N) is 1. The lowest BCUT2D eigenvalue weighted by molar-refractivity contribution is -0.654. The quantitative estimate of drug-likeness (QED) is 0.385. The smallest absolute Gasteiger partial charge is 0.215 e. The Labute approximate surface area is 130 Å². The molecule has 0 atom stereocenters. The van der Waals surface area contributed by atoms with Crippen molar-refractivity contribution in [3.05, 3.63) is 35.1 Å². The molecule has 0 N–H and O–H groups in total. The fourth-order valence-electron chi connectivity index (χ4n) is 2.93. The zero-order valence-corrected chi connectivity index (χ0v) is 12.0. The van der Waals surface area contributed by atoms with Crippen LogP contribution in [0.3, 0.4) is 0 Å². The van der Waals surface area contributed by atoms with Crippen molar-refractivity contribution >= 4 is 76.9 Å². The Balaban J connectivity index is 2.41. The number of pyridine rings is 1. The third-order valence-corrected chi connectivity index (χ3v) is 4.10. The summed E-state index contributed by atoms with van der Waals surface area (Å²) in [6.45, 7) is 1.65. The van der Waals surface area contributed by atoms with Crippen LogP contribution in [0.25, 0.3) is 0 Å². The first kappa shape index (κ1) is 15.9. The van der Waals surface area contributed by atoms with Gasteiger partial charge in [0.25, 0.3) is 0 Å². The molecule has 1 aliphatic heterocycles. The van der Waals surface area contributed by atoms with E-state index in [1.807, 2.05) is 25.4 Å². The van der Waals surface area contributed by atoms with E-state index in [0.29, 0.717) is 6.60 Å². The van der Waals surface area contributed by atoms with Crippen LogP contribution in [0.2, 0.25) is 6.82 Å². The average Bonchev–Trinajstić information content (AvgIpc) is 3.00. The number of hydrogen-bond acceptors (Lipinski definition) is 0. The minimum absolute atomic E-state index is 0.288. The van der Waals surface area contributed by atoms with Crippen molar-refractivity contribution in [3.8, 4) is 0 Å². The van der Waals surface area contributed by atoms with E-state index in [1.165, 1.54) is 11.0 Å². The molecule has 11 heteroatoms. The van der Waals surface area contributed by atoms with Crippen LogP contribution < -0.4 is 10.2 Å². The summed E-state index contributed by atoms with van der Waals surface area (Å²) in [5.41, 5.74) is 1.21. The molecule has 1 nitrogen and oxygen atoms in total. The van der Waals surface area contributed by atoms with Gasteiger partial charge in [-0.2, -0.15) is 10.7 Å². The molecule has 0 aliphatic carbocycles. The molecule has 80 valence electrons. The Bertz CT molecular complexity index is 529. The maximum absolute atomic E-state index is 6.07. The second-order valence-electron chi connectivity index (χ2n) is 5.54. The van der Waals surface area contributed by atoms with Gasteiger partial charge in [0.2, 0.25) is 6.60 Å². The highest BCUT2D eigenvalue weighted by Gasteiger charge is 2.54. The van der Waals surface area contributed by atoms with Crippen molar-refractivity contribution in [1.82, 2.24) is 0 Å². The van der Waals surface area contributed by atoms with Crippen LogP contribution in [0, 0.1) is 0 Å². The van der Waals surface area contributed by atoms with Crippen LogP contribution in [-0.2, 0) is 7.05 Å². The molecular weight excluding hydrogens is 230 g/mol. The van der Waals surface area contributed by atoms with E-state index in [0.717, 1.165) is 5.37 Å². The molecule has 0 aromatic carbocycles. The molecule has 1 aromatic rings. The predicted molar refractivity (Wildman–Crippen MR) is 97.7 cm³/mol. The SMILES string of the molecule is [B]B([B])B([B])/C(B([B])[B])=C1/B(C)B1c1cccc[n+]1C. The summed E-state index contributed by atoms with van der Waals surface area (Å²) in [7, 11) is 31.3. The van der Waals surface area contributed by atoms with Gasteiger partial charge in [-0.05, 0) is 6.07 Å². The summed E-state index contributed by atoms with van der Waals surface area (Å²) in [5, 5.41) is 1.97. The minimum Gasteiger partial charge on any atom is -0.215 e. The van der Waals surface area contributed by atoms with Crippen molar-refractivity contribution < 1.29 is 4.57 Å². The zero-order valence-electron chi connectivity index (χ0n) is 12.0. The minimum atomic E-state index is -0.662. The van der Waals surface area contributed by atoms with Gasteiger partial charge in [0, 0.05) is 51.1 Å². The Morgan fingerprint density at radius 1 is 1.15 bits per heavy atom. The summed E-state index contributed by atoms with van der Waals surface area (Å²) in [6.07, 6.45) is 1.36. The highest BCUT2D eigenvalue weighted by Crippen LogP contribution is 2.30. The fourth-order valence-corrected chi connectivity index (χ4v) is 2.93. The van der Waals surface area contributed by atoms with Gasteiger partial charge < -0.3 is 0 Å². The molecule has 0 bridgehead atoms. The molecule has 2 heterocycles. The predicted octanol–water partition coefficient (Wildman–Crippen LogP) is -3.23. The summed E-state index contributed by atoms with van der Waals surface area (Å²) >= 11 is 0. The van der Waals surface area contributed by atoms with Crippen LogP contribution in [-0.4, -0.2) is 71.3 Å². The van der Waals surface area contributed by atoms with E-state index in [2.05, 4.69) is 17.5 Å². The second kappa shape index (κ2) is 6.12. The van der Waals surface area contributed by atoms with Crippen LogP contribution in [0.4, 0.5) is 0 Å². The largest absolute Gasteiger partial charge is 0.249 e. The van der Waals surface area contributed by atoms with E-state index >= 15 is 0 Å². The first-order valence-electron chi connectivity index (χ1n) is 6.82. The molecule has 1 fully saturated rings. The van der Waals surface area contributed by atoms with Gasteiger partial charge >= 0.3 is 0 Å². The van der Waals surface area contributed by atoms with Gasteiger partial charge in [0.1, 0.15) is 19.2 Å².